The number of nitrogens with zero attached hydrogens (tertiary/aromatic N) is 1. The Hall–Kier alpha value is -2.66. The number of nitrogens with one attached hydrogen (secondary N) is 1. The SMILES string of the molecule is Cc1ccc(C(=O)Nc2ccc(CC(=O)N3CCC(O)CC3)cc2)cc1. The molecule has 136 valence electrons. The number of rotatable bonds is 4. The fraction of sp³-hybridized carbons (Fsp3) is 0.333. The van der Waals surface area contributed by atoms with Gasteiger partial charge in [0.25, 0.3) is 5.91 Å². The molecule has 2 amide bonds. The minimum absolute atomic E-state index is 0.0772. The van der Waals surface area contributed by atoms with Crippen molar-refractivity contribution in [3.63, 3.8) is 0 Å². The third kappa shape index (κ3) is 4.70. The average Bonchev–Trinajstić information content (AvgIpc) is 2.64. The summed E-state index contributed by atoms with van der Waals surface area (Å²) in [5.41, 5.74) is 3.34. The van der Waals surface area contributed by atoms with Crippen molar-refractivity contribution in [2.75, 3.05) is 18.4 Å². The second-order valence-electron chi connectivity index (χ2n) is 6.81. The molecular formula is C21H24N2O3. The number of hydrogen-bond donors (Lipinski definition) is 2. The van der Waals surface area contributed by atoms with E-state index in [1.165, 1.54) is 0 Å². The summed E-state index contributed by atoms with van der Waals surface area (Å²) < 4.78 is 0. The van der Waals surface area contributed by atoms with E-state index in [1.807, 2.05) is 43.3 Å². The number of aliphatic hydroxyl groups is 1. The molecule has 1 heterocycles. The standard InChI is InChI=1S/C21H24N2O3/c1-15-2-6-17(7-3-15)21(26)22-18-8-4-16(5-9-18)14-20(25)23-12-10-19(24)11-13-23/h2-9,19,24H,10-14H2,1H3,(H,22,26). The van der Waals surface area contributed by atoms with E-state index < -0.39 is 0 Å². The van der Waals surface area contributed by atoms with Crippen LogP contribution in [0, 0.1) is 6.92 Å². The van der Waals surface area contributed by atoms with Crippen molar-refractivity contribution < 1.29 is 14.7 Å². The zero-order valence-corrected chi connectivity index (χ0v) is 14.9. The molecule has 3 rings (SSSR count). The van der Waals surface area contributed by atoms with E-state index in [2.05, 4.69) is 5.32 Å². The van der Waals surface area contributed by atoms with Gasteiger partial charge in [-0.05, 0) is 49.6 Å². The lowest BCUT2D eigenvalue weighted by molar-refractivity contribution is -0.132. The van der Waals surface area contributed by atoms with Gasteiger partial charge in [0.2, 0.25) is 5.91 Å². The highest BCUT2D eigenvalue weighted by molar-refractivity contribution is 6.04. The molecule has 0 saturated carbocycles. The maximum absolute atomic E-state index is 12.3. The number of aryl methyl sites for hydroxylation is 1. The van der Waals surface area contributed by atoms with Crippen molar-refractivity contribution >= 4 is 17.5 Å². The van der Waals surface area contributed by atoms with Crippen LogP contribution in [0.2, 0.25) is 0 Å². The quantitative estimate of drug-likeness (QED) is 0.889. The van der Waals surface area contributed by atoms with Gasteiger partial charge in [-0.25, -0.2) is 0 Å². The Labute approximate surface area is 153 Å². The van der Waals surface area contributed by atoms with Crippen LogP contribution in [0.25, 0.3) is 0 Å². The van der Waals surface area contributed by atoms with Crippen LogP contribution in [0.5, 0.6) is 0 Å². The predicted molar refractivity (Wildman–Crippen MR) is 101 cm³/mol. The maximum Gasteiger partial charge on any atom is 0.255 e. The number of aliphatic hydroxyl groups excluding tert-OH is 1. The van der Waals surface area contributed by atoms with E-state index in [9.17, 15) is 14.7 Å². The Morgan fingerprint density at radius 1 is 1.04 bits per heavy atom. The van der Waals surface area contributed by atoms with Gasteiger partial charge in [-0.3, -0.25) is 9.59 Å². The number of anilines is 1. The molecule has 5 heteroatoms. The Morgan fingerprint density at radius 2 is 1.65 bits per heavy atom. The van der Waals surface area contributed by atoms with E-state index in [-0.39, 0.29) is 17.9 Å². The Morgan fingerprint density at radius 3 is 2.27 bits per heavy atom. The lowest BCUT2D eigenvalue weighted by Gasteiger charge is -2.29. The first kappa shape index (κ1) is 18.1. The monoisotopic (exact) mass is 352 g/mol. The summed E-state index contributed by atoms with van der Waals surface area (Å²) in [5, 5.41) is 12.4. The third-order valence-electron chi connectivity index (χ3n) is 4.70. The Bertz CT molecular complexity index is 761. The number of likely N-dealkylation sites (tertiary alicyclic amines) is 1. The fourth-order valence-electron chi connectivity index (χ4n) is 3.02. The normalized spacial score (nSPS) is 14.9. The van der Waals surface area contributed by atoms with Crippen molar-refractivity contribution in [3.8, 4) is 0 Å². The lowest BCUT2D eigenvalue weighted by Crippen LogP contribution is -2.40. The van der Waals surface area contributed by atoms with E-state index in [0.29, 0.717) is 43.6 Å². The summed E-state index contributed by atoms with van der Waals surface area (Å²) in [6.07, 6.45) is 1.35. The van der Waals surface area contributed by atoms with Gasteiger partial charge in [0.1, 0.15) is 0 Å². The van der Waals surface area contributed by atoms with Crippen LogP contribution in [0.3, 0.4) is 0 Å². The van der Waals surface area contributed by atoms with Gasteiger partial charge in [-0.15, -0.1) is 0 Å². The molecule has 0 atom stereocenters. The highest BCUT2D eigenvalue weighted by atomic mass is 16.3. The second kappa shape index (κ2) is 8.15. The summed E-state index contributed by atoms with van der Waals surface area (Å²) in [5.74, 6) is -0.0750. The van der Waals surface area contributed by atoms with E-state index in [0.717, 1.165) is 11.1 Å². The van der Waals surface area contributed by atoms with Crippen LogP contribution in [-0.2, 0) is 11.2 Å². The Kier molecular flexibility index (Phi) is 5.68. The minimum atomic E-state index is -0.282. The summed E-state index contributed by atoms with van der Waals surface area (Å²) in [6, 6.07) is 14.8. The second-order valence-corrected chi connectivity index (χ2v) is 6.81. The summed E-state index contributed by atoms with van der Waals surface area (Å²) in [6.45, 7) is 3.21. The maximum atomic E-state index is 12.3. The lowest BCUT2D eigenvalue weighted by atomic mass is 10.1. The van der Waals surface area contributed by atoms with Gasteiger partial charge in [-0.2, -0.15) is 0 Å². The molecule has 5 nitrogen and oxygen atoms in total. The van der Waals surface area contributed by atoms with Crippen LogP contribution in [0.15, 0.2) is 48.5 Å². The van der Waals surface area contributed by atoms with E-state index >= 15 is 0 Å². The van der Waals surface area contributed by atoms with Crippen molar-refractivity contribution in [3.05, 3.63) is 65.2 Å². The minimum Gasteiger partial charge on any atom is -0.393 e. The van der Waals surface area contributed by atoms with E-state index in [4.69, 9.17) is 0 Å². The number of carbonyl (C=O) groups is 2. The topological polar surface area (TPSA) is 69.6 Å². The highest BCUT2D eigenvalue weighted by Gasteiger charge is 2.21. The third-order valence-corrected chi connectivity index (χ3v) is 4.70. The molecule has 2 aromatic carbocycles. The summed E-state index contributed by atoms with van der Waals surface area (Å²) in [4.78, 5) is 26.4. The average molecular weight is 352 g/mol. The summed E-state index contributed by atoms with van der Waals surface area (Å²) in [7, 11) is 0. The van der Waals surface area contributed by atoms with Gasteiger partial charge in [0, 0.05) is 24.3 Å². The molecule has 2 aromatic rings. The molecule has 2 N–H and O–H groups in total. The smallest absolute Gasteiger partial charge is 0.255 e. The molecule has 0 spiro atoms. The van der Waals surface area contributed by atoms with Crippen LogP contribution in [0.4, 0.5) is 5.69 Å². The molecule has 26 heavy (non-hydrogen) atoms. The van der Waals surface area contributed by atoms with Crippen molar-refractivity contribution in [1.82, 2.24) is 4.90 Å². The number of hydrogen-bond acceptors (Lipinski definition) is 3. The number of piperidine rings is 1. The number of amides is 2. The van der Waals surface area contributed by atoms with E-state index in [1.54, 1.807) is 17.0 Å². The zero-order chi connectivity index (χ0) is 18.5. The largest absolute Gasteiger partial charge is 0.393 e. The van der Waals surface area contributed by atoms with Crippen LogP contribution in [0.1, 0.15) is 34.3 Å². The predicted octanol–water partition coefficient (Wildman–Crippen LogP) is 2.77. The first-order chi connectivity index (χ1) is 12.5. The van der Waals surface area contributed by atoms with Crippen LogP contribution in [-0.4, -0.2) is 41.0 Å². The van der Waals surface area contributed by atoms with Crippen LogP contribution < -0.4 is 5.32 Å². The highest BCUT2D eigenvalue weighted by Crippen LogP contribution is 2.15. The molecule has 1 aliphatic rings. The molecule has 1 aliphatic heterocycles. The molecule has 0 aromatic heterocycles. The van der Waals surface area contributed by atoms with Crippen LogP contribution >= 0.6 is 0 Å². The zero-order valence-electron chi connectivity index (χ0n) is 14.9. The van der Waals surface area contributed by atoms with Crippen molar-refractivity contribution in [2.24, 2.45) is 0 Å². The molecule has 0 bridgehead atoms. The first-order valence-electron chi connectivity index (χ1n) is 8.94. The Balaban J connectivity index is 1.55. The van der Waals surface area contributed by atoms with Gasteiger partial charge < -0.3 is 15.3 Å². The van der Waals surface area contributed by atoms with Gasteiger partial charge in [0.15, 0.2) is 0 Å². The molecule has 1 saturated heterocycles. The number of carbonyl (C=O) groups excluding carboxylic acids is 2. The molecule has 0 unspecified atom stereocenters. The summed E-state index contributed by atoms with van der Waals surface area (Å²) >= 11 is 0. The molecule has 0 radical (unpaired) electrons. The molecule has 1 fully saturated rings. The molecule has 0 aliphatic carbocycles. The fourth-order valence-corrected chi connectivity index (χ4v) is 3.02. The van der Waals surface area contributed by atoms with Gasteiger partial charge in [0.05, 0.1) is 12.5 Å². The van der Waals surface area contributed by atoms with Crippen molar-refractivity contribution in [2.45, 2.75) is 32.3 Å². The van der Waals surface area contributed by atoms with Gasteiger partial charge >= 0.3 is 0 Å². The van der Waals surface area contributed by atoms with Gasteiger partial charge in [-0.1, -0.05) is 29.8 Å². The first-order valence-corrected chi connectivity index (χ1v) is 8.94. The van der Waals surface area contributed by atoms with Crippen molar-refractivity contribution in [1.29, 1.82) is 0 Å². The number of benzene rings is 2. The molecular weight excluding hydrogens is 328 g/mol.